The van der Waals surface area contributed by atoms with Crippen LogP contribution in [0.5, 0.6) is 0 Å². The van der Waals surface area contributed by atoms with E-state index in [2.05, 4.69) is 40.6 Å². The Labute approximate surface area is 106 Å². The normalized spacial score (nSPS) is 12.7. The minimum Gasteiger partial charge on any atom is -0.309 e. The molecule has 0 aliphatic heterocycles. The quantitative estimate of drug-likeness (QED) is 0.906. The van der Waals surface area contributed by atoms with Crippen LogP contribution in [-0.4, -0.2) is 17.2 Å². The first-order valence-electron chi connectivity index (χ1n) is 5.66. The van der Waals surface area contributed by atoms with Gasteiger partial charge in [-0.15, -0.1) is 11.3 Å². The fourth-order valence-corrected chi connectivity index (χ4v) is 2.93. The summed E-state index contributed by atoms with van der Waals surface area (Å²) in [5, 5.41) is 11.6. The van der Waals surface area contributed by atoms with Gasteiger partial charge in [0, 0.05) is 9.75 Å². The van der Waals surface area contributed by atoms with Crippen LogP contribution in [0.4, 0.5) is 0 Å². The van der Waals surface area contributed by atoms with Gasteiger partial charge in [-0.3, -0.25) is 0 Å². The van der Waals surface area contributed by atoms with E-state index >= 15 is 0 Å². The SMILES string of the molecule is CNC(c1ccc(C)s1)c1cc(C)nnc1C. The Morgan fingerprint density at radius 3 is 2.53 bits per heavy atom. The first-order valence-corrected chi connectivity index (χ1v) is 6.48. The molecule has 1 unspecified atom stereocenters. The molecule has 17 heavy (non-hydrogen) atoms. The summed E-state index contributed by atoms with van der Waals surface area (Å²) < 4.78 is 0. The van der Waals surface area contributed by atoms with Crippen molar-refractivity contribution in [2.45, 2.75) is 26.8 Å². The van der Waals surface area contributed by atoms with E-state index in [1.807, 2.05) is 32.2 Å². The molecule has 4 heteroatoms. The predicted octanol–water partition coefficient (Wildman–Crippen LogP) is 2.77. The van der Waals surface area contributed by atoms with E-state index in [4.69, 9.17) is 0 Å². The van der Waals surface area contributed by atoms with Crippen LogP contribution >= 0.6 is 11.3 Å². The van der Waals surface area contributed by atoms with E-state index in [1.165, 1.54) is 15.3 Å². The number of hydrogen-bond acceptors (Lipinski definition) is 4. The van der Waals surface area contributed by atoms with Crippen LogP contribution in [0.2, 0.25) is 0 Å². The predicted molar refractivity (Wildman–Crippen MR) is 71.5 cm³/mol. The molecule has 3 nitrogen and oxygen atoms in total. The lowest BCUT2D eigenvalue weighted by atomic mass is 10.0. The molecule has 1 N–H and O–H groups in total. The topological polar surface area (TPSA) is 37.8 Å². The average Bonchev–Trinajstić information content (AvgIpc) is 2.71. The number of hydrogen-bond donors (Lipinski definition) is 1. The molecule has 0 fully saturated rings. The standard InChI is InChI=1S/C13H17N3S/c1-8-7-11(10(3)16-15-8)13(14-4)12-6-5-9(2)17-12/h5-7,13-14H,1-4H3. The van der Waals surface area contributed by atoms with Gasteiger partial charge >= 0.3 is 0 Å². The molecule has 0 amide bonds. The molecule has 2 rings (SSSR count). The smallest absolute Gasteiger partial charge is 0.0687 e. The van der Waals surface area contributed by atoms with Gasteiger partial charge in [-0.25, -0.2) is 0 Å². The van der Waals surface area contributed by atoms with Crippen LogP contribution in [0, 0.1) is 20.8 Å². The highest BCUT2D eigenvalue weighted by molar-refractivity contribution is 7.12. The monoisotopic (exact) mass is 247 g/mol. The molecule has 0 aliphatic rings. The van der Waals surface area contributed by atoms with Crippen LogP contribution in [0.25, 0.3) is 0 Å². The second kappa shape index (κ2) is 4.94. The highest BCUT2D eigenvalue weighted by atomic mass is 32.1. The van der Waals surface area contributed by atoms with Gasteiger partial charge in [-0.05, 0) is 51.6 Å². The third kappa shape index (κ3) is 2.53. The Bertz CT molecular complexity index is 519. The van der Waals surface area contributed by atoms with Crippen LogP contribution in [0.3, 0.4) is 0 Å². The van der Waals surface area contributed by atoms with E-state index in [0.717, 1.165) is 11.4 Å². The molecular weight excluding hydrogens is 230 g/mol. The Morgan fingerprint density at radius 1 is 1.18 bits per heavy atom. The first-order chi connectivity index (χ1) is 8.11. The van der Waals surface area contributed by atoms with Gasteiger partial charge in [-0.2, -0.15) is 10.2 Å². The van der Waals surface area contributed by atoms with Gasteiger partial charge in [-0.1, -0.05) is 0 Å². The molecule has 0 bridgehead atoms. The molecule has 2 heterocycles. The van der Waals surface area contributed by atoms with Gasteiger partial charge < -0.3 is 5.32 Å². The number of rotatable bonds is 3. The summed E-state index contributed by atoms with van der Waals surface area (Å²) in [6.45, 7) is 6.11. The van der Waals surface area contributed by atoms with Crippen LogP contribution in [-0.2, 0) is 0 Å². The summed E-state index contributed by atoms with van der Waals surface area (Å²) >= 11 is 1.82. The Balaban J connectivity index is 2.45. The van der Waals surface area contributed by atoms with Gasteiger partial charge in [0.25, 0.3) is 0 Å². The third-order valence-electron chi connectivity index (χ3n) is 2.79. The molecule has 0 saturated heterocycles. The van der Waals surface area contributed by atoms with Crippen molar-refractivity contribution in [2.24, 2.45) is 0 Å². The largest absolute Gasteiger partial charge is 0.309 e. The zero-order valence-corrected chi connectivity index (χ0v) is 11.4. The van der Waals surface area contributed by atoms with Crippen molar-refractivity contribution in [2.75, 3.05) is 7.05 Å². The zero-order chi connectivity index (χ0) is 12.4. The molecule has 1 atom stereocenters. The summed E-state index contributed by atoms with van der Waals surface area (Å²) in [4.78, 5) is 2.65. The van der Waals surface area contributed by atoms with Crippen molar-refractivity contribution in [1.82, 2.24) is 15.5 Å². The fourth-order valence-electron chi connectivity index (χ4n) is 1.92. The van der Waals surface area contributed by atoms with Crippen LogP contribution < -0.4 is 5.32 Å². The Kier molecular flexibility index (Phi) is 3.54. The summed E-state index contributed by atoms with van der Waals surface area (Å²) in [5.74, 6) is 0. The highest BCUT2D eigenvalue weighted by Crippen LogP contribution is 2.29. The second-order valence-electron chi connectivity index (χ2n) is 4.20. The van der Waals surface area contributed by atoms with Crippen molar-refractivity contribution in [1.29, 1.82) is 0 Å². The number of thiophene rings is 1. The minimum atomic E-state index is 0.211. The van der Waals surface area contributed by atoms with Crippen LogP contribution in [0.15, 0.2) is 18.2 Å². The first kappa shape index (κ1) is 12.2. The van der Waals surface area contributed by atoms with Crippen molar-refractivity contribution < 1.29 is 0 Å². The van der Waals surface area contributed by atoms with E-state index in [0.29, 0.717) is 0 Å². The summed E-state index contributed by atoms with van der Waals surface area (Å²) in [6, 6.07) is 6.65. The summed E-state index contributed by atoms with van der Waals surface area (Å²) in [5.41, 5.74) is 3.15. The average molecular weight is 247 g/mol. The summed E-state index contributed by atoms with van der Waals surface area (Å²) in [6.07, 6.45) is 0. The van der Waals surface area contributed by atoms with Crippen molar-refractivity contribution in [3.05, 3.63) is 44.9 Å². The lowest BCUT2D eigenvalue weighted by Crippen LogP contribution is -2.18. The molecule has 0 spiro atoms. The lowest BCUT2D eigenvalue weighted by molar-refractivity contribution is 0.686. The van der Waals surface area contributed by atoms with E-state index in [1.54, 1.807) is 0 Å². The van der Waals surface area contributed by atoms with E-state index < -0.39 is 0 Å². The van der Waals surface area contributed by atoms with Crippen LogP contribution in [0.1, 0.15) is 32.7 Å². The molecule has 0 saturated carbocycles. The number of aryl methyl sites for hydroxylation is 3. The lowest BCUT2D eigenvalue weighted by Gasteiger charge is -2.16. The Morgan fingerprint density at radius 2 is 1.94 bits per heavy atom. The van der Waals surface area contributed by atoms with E-state index in [-0.39, 0.29) is 6.04 Å². The number of aromatic nitrogens is 2. The number of nitrogens with one attached hydrogen (secondary N) is 1. The maximum Gasteiger partial charge on any atom is 0.0687 e. The van der Waals surface area contributed by atoms with Gasteiger partial charge in [0.15, 0.2) is 0 Å². The van der Waals surface area contributed by atoms with E-state index in [9.17, 15) is 0 Å². The number of nitrogens with zero attached hydrogens (tertiary/aromatic N) is 2. The third-order valence-corrected chi connectivity index (χ3v) is 3.85. The molecule has 0 aromatic carbocycles. The molecule has 90 valence electrons. The van der Waals surface area contributed by atoms with Gasteiger partial charge in [0.1, 0.15) is 0 Å². The van der Waals surface area contributed by atoms with Crippen molar-refractivity contribution >= 4 is 11.3 Å². The highest BCUT2D eigenvalue weighted by Gasteiger charge is 2.17. The fraction of sp³-hybridized carbons (Fsp3) is 0.385. The maximum atomic E-state index is 4.19. The van der Waals surface area contributed by atoms with Gasteiger partial charge in [0.05, 0.1) is 17.4 Å². The Hall–Kier alpha value is -1.26. The second-order valence-corrected chi connectivity index (χ2v) is 5.52. The zero-order valence-electron chi connectivity index (χ0n) is 10.6. The molecule has 0 radical (unpaired) electrons. The molecular formula is C13H17N3S. The van der Waals surface area contributed by atoms with Crippen molar-refractivity contribution in [3.8, 4) is 0 Å². The summed E-state index contributed by atoms with van der Waals surface area (Å²) in [7, 11) is 1.98. The molecule has 0 aliphatic carbocycles. The maximum absolute atomic E-state index is 4.19. The molecule has 2 aromatic heterocycles. The van der Waals surface area contributed by atoms with Gasteiger partial charge in [0.2, 0.25) is 0 Å². The molecule has 2 aromatic rings. The minimum absolute atomic E-state index is 0.211. The van der Waals surface area contributed by atoms with Crippen molar-refractivity contribution in [3.63, 3.8) is 0 Å².